The highest BCUT2D eigenvalue weighted by molar-refractivity contribution is 7.85. The van der Waals surface area contributed by atoms with Gasteiger partial charge in [0.05, 0.1) is 24.5 Å². The third-order valence-corrected chi connectivity index (χ3v) is 4.21. The Morgan fingerprint density at radius 2 is 2.04 bits per heavy atom. The highest BCUT2D eigenvalue weighted by atomic mass is 35.5. The van der Waals surface area contributed by atoms with Gasteiger partial charge in [-0.15, -0.1) is 0 Å². The minimum Gasteiger partial charge on any atom is -0.494 e. The molecule has 0 spiro atoms. The second kappa shape index (κ2) is 9.73. The van der Waals surface area contributed by atoms with Crippen molar-refractivity contribution in [2.24, 2.45) is 5.92 Å². The molecular formula is C19H22ClNO5S. The average Bonchev–Trinajstić information content (AvgIpc) is 2.61. The maximum Gasteiger partial charge on any atom is 0.264 e. The third kappa shape index (κ3) is 7.58. The molecule has 0 fully saturated rings. The Bertz CT molecular complexity index is 881. The minimum atomic E-state index is -3.43. The van der Waals surface area contributed by atoms with Crippen molar-refractivity contribution in [3.63, 3.8) is 0 Å². The van der Waals surface area contributed by atoms with Crippen molar-refractivity contribution in [1.82, 2.24) is 4.98 Å². The molecule has 2 aromatic rings. The maximum atomic E-state index is 11.0. The summed E-state index contributed by atoms with van der Waals surface area (Å²) in [5.41, 5.74) is 0.853. The van der Waals surface area contributed by atoms with Gasteiger partial charge in [0.1, 0.15) is 11.5 Å². The predicted octanol–water partition coefficient (Wildman–Crippen LogP) is 4.55. The third-order valence-electron chi connectivity index (χ3n) is 3.35. The van der Waals surface area contributed by atoms with E-state index in [2.05, 4.69) is 4.98 Å². The summed E-state index contributed by atoms with van der Waals surface area (Å²) in [5.74, 6) is 1.52. The molecule has 0 aliphatic carbocycles. The highest BCUT2D eigenvalue weighted by Gasteiger charge is 2.07. The van der Waals surface area contributed by atoms with Gasteiger partial charge < -0.3 is 9.47 Å². The standard InChI is InChI=1S/C19H22ClNO5S/c1-4-24-16-8-9-18(17(20)11-16)26-19-10-7-15(12-21-19)6-5-14(2)13-25-27(3,22)23/h5-12,14H,4,13H2,1-3H3/b6-5+. The van der Waals surface area contributed by atoms with Crippen LogP contribution in [0.25, 0.3) is 6.08 Å². The molecule has 6 nitrogen and oxygen atoms in total. The van der Waals surface area contributed by atoms with Crippen LogP contribution < -0.4 is 9.47 Å². The van der Waals surface area contributed by atoms with E-state index >= 15 is 0 Å². The second-order valence-electron chi connectivity index (χ2n) is 5.88. The van der Waals surface area contributed by atoms with Gasteiger partial charge in [-0.1, -0.05) is 30.7 Å². The molecule has 146 valence electrons. The van der Waals surface area contributed by atoms with Gasteiger partial charge in [-0.05, 0) is 36.6 Å². The Labute approximate surface area is 164 Å². The fourth-order valence-corrected chi connectivity index (χ4v) is 2.72. The molecule has 0 amide bonds. The van der Waals surface area contributed by atoms with Crippen LogP contribution in [0.15, 0.2) is 42.6 Å². The number of hydrogen-bond acceptors (Lipinski definition) is 6. The molecule has 0 bridgehead atoms. The number of rotatable bonds is 9. The van der Waals surface area contributed by atoms with E-state index in [9.17, 15) is 8.42 Å². The number of hydrogen-bond donors (Lipinski definition) is 0. The van der Waals surface area contributed by atoms with Gasteiger partial charge in [-0.3, -0.25) is 4.18 Å². The Kier molecular flexibility index (Phi) is 7.65. The van der Waals surface area contributed by atoms with E-state index in [-0.39, 0.29) is 12.5 Å². The quantitative estimate of drug-likeness (QED) is 0.563. The fraction of sp³-hybridized carbons (Fsp3) is 0.316. The maximum absolute atomic E-state index is 11.0. The SMILES string of the molecule is CCOc1ccc(Oc2ccc(/C=C/C(C)COS(C)(=O)=O)cn2)c(Cl)c1. The largest absolute Gasteiger partial charge is 0.494 e. The van der Waals surface area contributed by atoms with Crippen LogP contribution in [0.2, 0.25) is 5.02 Å². The normalized spacial score (nSPS) is 12.9. The van der Waals surface area contributed by atoms with E-state index in [4.69, 9.17) is 25.3 Å². The molecule has 2 rings (SSSR count). The summed E-state index contributed by atoms with van der Waals surface area (Å²) < 4.78 is 37.8. The molecular weight excluding hydrogens is 390 g/mol. The number of aromatic nitrogens is 1. The first-order valence-electron chi connectivity index (χ1n) is 8.35. The summed E-state index contributed by atoms with van der Waals surface area (Å²) in [5, 5.41) is 0.437. The van der Waals surface area contributed by atoms with Crippen LogP contribution in [0, 0.1) is 5.92 Å². The van der Waals surface area contributed by atoms with Crippen molar-refractivity contribution in [1.29, 1.82) is 0 Å². The lowest BCUT2D eigenvalue weighted by molar-refractivity contribution is 0.292. The molecule has 1 aromatic carbocycles. The van der Waals surface area contributed by atoms with E-state index in [1.807, 2.05) is 32.1 Å². The molecule has 1 heterocycles. The lowest BCUT2D eigenvalue weighted by atomic mass is 10.1. The zero-order valence-corrected chi connectivity index (χ0v) is 17.0. The first-order valence-corrected chi connectivity index (χ1v) is 10.5. The summed E-state index contributed by atoms with van der Waals surface area (Å²) in [6.07, 6.45) is 6.38. The number of pyridine rings is 1. The van der Waals surface area contributed by atoms with Gasteiger partial charge >= 0.3 is 0 Å². The van der Waals surface area contributed by atoms with Crippen LogP contribution >= 0.6 is 11.6 Å². The summed E-state index contributed by atoms with van der Waals surface area (Å²) in [7, 11) is -3.43. The molecule has 8 heteroatoms. The highest BCUT2D eigenvalue weighted by Crippen LogP contribution is 2.31. The molecule has 0 aliphatic heterocycles. The topological polar surface area (TPSA) is 74.7 Å². The number of benzene rings is 1. The monoisotopic (exact) mass is 411 g/mol. The van der Waals surface area contributed by atoms with Gasteiger partial charge in [0.15, 0.2) is 0 Å². The van der Waals surface area contributed by atoms with E-state index in [0.29, 0.717) is 29.0 Å². The Morgan fingerprint density at radius 3 is 2.63 bits per heavy atom. The Hall–Kier alpha value is -2.09. The lowest BCUT2D eigenvalue weighted by Crippen LogP contribution is -2.09. The number of ether oxygens (including phenoxy) is 2. The van der Waals surface area contributed by atoms with Crippen molar-refractivity contribution in [2.75, 3.05) is 19.5 Å². The van der Waals surface area contributed by atoms with Crippen molar-refractivity contribution in [3.05, 3.63) is 53.2 Å². The van der Waals surface area contributed by atoms with Crippen LogP contribution in [0.1, 0.15) is 19.4 Å². The molecule has 1 aromatic heterocycles. The summed E-state index contributed by atoms with van der Waals surface area (Å²) in [6, 6.07) is 8.76. The van der Waals surface area contributed by atoms with Gasteiger partial charge in [0.2, 0.25) is 5.88 Å². The predicted molar refractivity (Wildman–Crippen MR) is 106 cm³/mol. The fourth-order valence-electron chi connectivity index (χ4n) is 2.05. The average molecular weight is 412 g/mol. The van der Waals surface area contributed by atoms with Crippen molar-refractivity contribution in [3.8, 4) is 17.4 Å². The molecule has 0 saturated carbocycles. The van der Waals surface area contributed by atoms with E-state index in [1.54, 1.807) is 30.5 Å². The van der Waals surface area contributed by atoms with Crippen LogP contribution in [0.3, 0.4) is 0 Å². The molecule has 0 aliphatic rings. The zero-order chi connectivity index (χ0) is 19.9. The van der Waals surface area contributed by atoms with Gasteiger partial charge in [-0.25, -0.2) is 4.98 Å². The number of nitrogens with zero attached hydrogens (tertiary/aromatic N) is 1. The molecule has 1 atom stereocenters. The van der Waals surface area contributed by atoms with Crippen molar-refractivity contribution in [2.45, 2.75) is 13.8 Å². The molecule has 0 N–H and O–H groups in total. The van der Waals surface area contributed by atoms with Gasteiger partial charge in [0, 0.05) is 18.3 Å². The molecule has 0 saturated heterocycles. The van der Waals surface area contributed by atoms with E-state index in [1.165, 1.54) is 0 Å². The summed E-state index contributed by atoms with van der Waals surface area (Å²) in [6.45, 7) is 4.42. The second-order valence-corrected chi connectivity index (χ2v) is 7.93. The smallest absolute Gasteiger partial charge is 0.264 e. The van der Waals surface area contributed by atoms with Crippen LogP contribution in [-0.4, -0.2) is 32.9 Å². The summed E-state index contributed by atoms with van der Waals surface area (Å²) >= 11 is 6.19. The van der Waals surface area contributed by atoms with Crippen LogP contribution in [0.5, 0.6) is 17.4 Å². The van der Waals surface area contributed by atoms with Crippen LogP contribution in [-0.2, 0) is 14.3 Å². The summed E-state index contributed by atoms with van der Waals surface area (Å²) in [4.78, 5) is 4.25. The van der Waals surface area contributed by atoms with Crippen molar-refractivity contribution < 1.29 is 22.1 Å². The molecule has 0 radical (unpaired) electrons. The van der Waals surface area contributed by atoms with Gasteiger partial charge in [-0.2, -0.15) is 8.42 Å². The number of halogens is 1. The lowest BCUT2D eigenvalue weighted by Gasteiger charge is -2.09. The molecule has 27 heavy (non-hydrogen) atoms. The van der Waals surface area contributed by atoms with Crippen LogP contribution in [0.4, 0.5) is 0 Å². The Morgan fingerprint density at radius 1 is 1.26 bits per heavy atom. The van der Waals surface area contributed by atoms with Crippen molar-refractivity contribution >= 4 is 27.8 Å². The first kappa shape index (κ1) is 21.2. The minimum absolute atomic E-state index is 0.0571. The first-order chi connectivity index (χ1) is 12.8. The Balaban J connectivity index is 1.96. The van der Waals surface area contributed by atoms with Gasteiger partial charge in [0.25, 0.3) is 10.1 Å². The van der Waals surface area contributed by atoms with E-state index < -0.39 is 10.1 Å². The molecule has 1 unspecified atom stereocenters. The zero-order valence-electron chi connectivity index (χ0n) is 15.4. The van der Waals surface area contributed by atoms with E-state index in [0.717, 1.165) is 11.8 Å².